The Bertz CT molecular complexity index is 594. The standard InChI is InChI=1S/C20H31N3O2S/c1-3-18-11-5-6-13-23(18)14-8-12-21-20(26)22-17-10-7-9-16(15-17)19(24)25-4-2/h7,9-10,15,18H,3-6,8,11-14H2,1-2H3,(H2,21,22,26)/t18-/m0/s1. The molecule has 0 saturated carbocycles. The van der Waals surface area contributed by atoms with Crippen molar-refractivity contribution < 1.29 is 9.53 Å². The highest BCUT2D eigenvalue weighted by Crippen LogP contribution is 2.19. The summed E-state index contributed by atoms with van der Waals surface area (Å²) in [6.45, 7) is 7.63. The van der Waals surface area contributed by atoms with Crippen LogP contribution < -0.4 is 10.6 Å². The Hall–Kier alpha value is -1.66. The van der Waals surface area contributed by atoms with Gasteiger partial charge in [-0.15, -0.1) is 0 Å². The predicted octanol–water partition coefficient (Wildman–Crippen LogP) is 3.80. The molecule has 0 spiro atoms. The number of thiocarbonyl (C=S) groups is 1. The number of benzene rings is 1. The molecule has 1 aliphatic rings. The molecule has 0 aromatic heterocycles. The minimum absolute atomic E-state index is 0.318. The van der Waals surface area contributed by atoms with E-state index in [-0.39, 0.29) is 5.97 Å². The number of hydrogen-bond donors (Lipinski definition) is 2. The van der Waals surface area contributed by atoms with Crippen LogP contribution in [0.15, 0.2) is 24.3 Å². The molecule has 0 radical (unpaired) electrons. The lowest BCUT2D eigenvalue weighted by Gasteiger charge is -2.35. The van der Waals surface area contributed by atoms with Crippen molar-refractivity contribution in [1.29, 1.82) is 0 Å². The molecule has 1 aromatic rings. The largest absolute Gasteiger partial charge is 0.462 e. The van der Waals surface area contributed by atoms with Crippen molar-refractivity contribution in [2.24, 2.45) is 0 Å². The van der Waals surface area contributed by atoms with Gasteiger partial charge in [0, 0.05) is 24.8 Å². The van der Waals surface area contributed by atoms with Crippen LogP contribution in [0.4, 0.5) is 5.69 Å². The number of rotatable bonds is 8. The van der Waals surface area contributed by atoms with Crippen LogP contribution in [0, 0.1) is 0 Å². The molecule has 0 unspecified atom stereocenters. The topological polar surface area (TPSA) is 53.6 Å². The average Bonchev–Trinajstić information content (AvgIpc) is 2.66. The van der Waals surface area contributed by atoms with E-state index >= 15 is 0 Å². The molecule has 1 fully saturated rings. The third-order valence-corrected chi connectivity index (χ3v) is 5.01. The zero-order valence-corrected chi connectivity index (χ0v) is 16.7. The molecule has 1 saturated heterocycles. The quantitative estimate of drug-likeness (QED) is 0.408. The van der Waals surface area contributed by atoms with Gasteiger partial charge in [-0.3, -0.25) is 0 Å². The van der Waals surface area contributed by atoms with Gasteiger partial charge in [-0.2, -0.15) is 0 Å². The SMILES string of the molecule is CCOC(=O)c1cccc(NC(=S)NCCCN2CCCC[C@@H]2CC)c1. The number of carbonyl (C=O) groups is 1. The summed E-state index contributed by atoms with van der Waals surface area (Å²) in [5, 5.41) is 6.97. The van der Waals surface area contributed by atoms with Gasteiger partial charge in [0.05, 0.1) is 12.2 Å². The second-order valence-corrected chi connectivity index (χ2v) is 7.04. The highest BCUT2D eigenvalue weighted by atomic mass is 32.1. The normalized spacial score (nSPS) is 17.5. The monoisotopic (exact) mass is 377 g/mol. The van der Waals surface area contributed by atoms with E-state index in [0.717, 1.165) is 31.2 Å². The lowest BCUT2D eigenvalue weighted by molar-refractivity contribution is 0.0526. The Labute approximate surface area is 162 Å². The fourth-order valence-electron chi connectivity index (χ4n) is 3.41. The predicted molar refractivity (Wildman–Crippen MR) is 111 cm³/mol. The van der Waals surface area contributed by atoms with Gasteiger partial charge in [0.2, 0.25) is 0 Å². The van der Waals surface area contributed by atoms with Crippen molar-refractivity contribution in [1.82, 2.24) is 10.2 Å². The van der Waals surface area contributed by atoms with E-state index in [1.165, 1.54) is 32.2 Å². The number of nitrogens with zero attached hydrogens (tertiary/aromatic N) is 1. The Balaban J connectivity index is 1.72. The van der Waals surface area contributed by atoms with Gasteiger partial charge in [-0.1, -0.05) is 19.4 Å². The first kappa shape index (κ1) is 20.6. The van der Waals surface area contributed by atoms with E-state index in [9.17, 15) is 4.79 Å². The summed E-state index contributed by atoms with van der Waals surface area (Å²) in [5.41, 5.74) is 1.31. The van der Waals surface area contributed by atoms with Crippen molar-refractivity contribution in [2.45, 2.75) is 52.0 Å². The lowest BCUT2D eigenvalue weighted by Crippen LogP contribution is -2.40. The minimum Gasteiger partial charge on any atom is -0.462 e. The second kappa shape index (κ2) is 11.1. The molecule has 2 N–H and O–H groups in total. The summed E-state index contributed by atoms with van der Waals surface area (Å²) in [6.07, 6.45) is 6.33. The first-order chi connectivity index (χ1) is 12.6. The lowest BCUT2D eigenvalue weighted by atomic mass is 10.00. The molecule has 5 nitrogen and oxygen atoms in total. The van der Waals surface area contributed by atoms with Crippen LogP contribution in [0.3, 0.4) is 0 Å². The molecule has 0 amide bonds. The summed E-state index contributed by atoms with van der Waals surface area (Å²) in [7, 11) is 0. The molecule has 144 valence electrons. The van der Waals surface area contributed by atoms with Crippen molar-refractivity contribution in [2.75, 3.05) is 31.6 Å². The molecule has 1 aliphatic heterocycles. The van der Waals surface area contributed by atoms with Gasteiger partial charge < -0.3 is 20.3 Å². The molecule has 0 bridgehead atoms. The summed E-state index contributed by atoms with van der Waals surface area (Å²) in [6, 6.07) is 7.95. The maximum Gasteiger partial charge on any atom is 0.338 e. The molecule has 2 rings (SSSR count). The number of nitrogens with one attached hydrogen (secondary N) is 2. The Morgan fingerprint density at radius 1 is 1.35 bits per heavy atom. The highest BCUT2D eigenvalue weighted by molar-refractivity contribution is 7.80. The van der Waals surface area contributed by atoms with E-state index in [4.69, 9.17) is 17.0 Å². The zero-order valence-electron chi connectivity index (χ0n) is 15.9. The Morgan fingerprint density at radius 3 is 2.96 bits per heavy atom. The van der Waals surface area contributed by atoms with Gasteiger partial charge in [0.25, 0.3) is 0 Å². The first-order valence-corrected chi connectivity index (χ1v) is 10.1. The molecular weight excluding hydrogens is 346 g/mol. The summed E-state index contributed by atoms with van der Waals surface area (Å²) < 4.78 is 5.02. The summed E-state index contributed by atoms with van der Waals surface area (Å²) in [5.74, 6) is -0.318. The molecule has 1 atom stereocenters. The second-order valence-electron chi connectivity index (χ2n) is 6.63. The summed E-state index contributed by atoms with van der Waals surface area (Å²) in [4.78, 5) is 14.4. The Kier molecular flexibility index (Phi) is 8.85. The van der Waals surface area contributed by atoms with Crippen LogP contribution >= 0.6 is 12.2 Å². The average molecular weight is 378 g/mol. The maximum absolute atomic E-state index is 11.8. The van der Waals surface area contributed by atoms with Crippen molar-refractivity contribution in [3.63, 3.8) is 0 Å². The Morgan fingerprint density at radius 2 is 2.19 bits per heavy atom. The van der Waals surface area contributed by atoms with E-state index < -0.39 is 0 Å². The highest BCUT2D eigenvalue weighted by Gasteiger charge is 2.19. The van der Waals surface area contributed by atoms with E-state index in [1.54, 1.807) is 19.1 Å². The van der Waals surface area contributed by atoms with Gasteiger partial charge >= 0.3 is 5.97 Å². The minimum atomic E-state index is -0.318. The number of likely N-dealkylation sites (tertiary alicyclic amines) is 1. The number of piperidine rings is 1. The smallest absolute Gasteiger partial charge is 0.338 e. The molecule has 26 heavy (non-hydrogen) atoms. The molecule has 0 aliphatic carbocycles. The van der Waals surface area contributed by atoms with Crippen molar-refractivity contribution in [3.05, 3.63) is 29.8 Å². The summed E-state index contributed by atoms with van der Waals surface area (Å²) >= 11 is 5.36. The van der Waals surface area contributed by atoms with Crippen LogP contribution in [-0.4, -0.2) is 48.3 Å². The van der Waals surface area contributed by atoms with Crippen molar-refractivity contribution in [3.8, 4) is 0 Å². The van der Waals surface area contributed by atoms with E-state index in [2.05, 4.69) is 22.5 Å². The van der Waals surface area contributed by atoms with E-state index in [0.29, 0.717) is 17.3 Å². The molecule has 1 aromatic carbocycles. The van der Waals surface area contributed by atoms with Crippen LogP contribution in [0.25, 0.3) is 0 Å². The fourth-order valence-corrected chi connectivity index (χ4v) is 3.63. The van der Waals surface area contributed by atoms with Crippen LogP contribution in [0.5, 0.6) is 0 Å². The fraction of sp³-hybridized carbons (Fsp3) is 0.600. The van der Waals surface area contributed by atoms with Crippen molar-refractivity contribution >= 4 is 29.0 Å². The zero-order chi connectivity index (χ0) is 18.8. The number of esters is 1. The van der Waals surface area contributed by atoms with Gasteiger partial charge in [0.1, 0.15) is 0 Å². The number of ether oxygens (including phenoxy) is 1. The van der Waals surface area contributed by atoms with Gasteiger partial charge in [0.15, 0.2) is 5.11 Å². The number of carbonyl (C=O) groups excluding carboxylic acids is 1. The third kappa shape index (κ3) is 6.57. The first-order valence-electron chi connectivity index (χ1n) is 9.70. The molecular formula is C20H31N3O2S. The van der Waals surface area contributed by atoms with Gasteiger partial charge in [-0.05, 0) is 69.6 Å². The maximum atomic E-state index is 11.8. The van der Waals surface area contributed by atoms with Gasteiger partial charge in [-0.25, -0.2) is 4.79 Å². The number of anilines is 1. The van der Waals surface area contributed by atoms with Crippen LogP contribution in [0.2, 0.25) is 0 Å². The van der Waals surface area contributed by atoms with E-state index in [1.807, 2.05) is 12.1 Å². The van der Waals surface area contributed by atoms with Crippen LogP contribution in [-0.2, 0) is 4.74 Å². The van der Waals surface area contributed by atoms with Crippen LogP contribution in [0.1, 0.15) is 56.3 Å². The number of hydrogen-bond acceptors (Lipinski definition) is 4. The third-order valence-electron chi connectivity index (χ3n) is 4.76. The molecule has 1 heterocycles. The molecule has 6 heteroatoms.